The third kappa shape index (κ3) is 2.93. The fraction of sp³-hybridized carbons (Fsp3) is 0.700. The van der Waals surface area contributed by atoms with Crippen molar-refractivity contribution in [2.24, 2.45) is 17.8 Å². The second-order valence-corrected chi connectivity index (χ2v) is 11.0. The standard InChI is InChI=1S/C20H26F2N2O2S/c21-18-2-1-17(10-19(18)22)27(25,26)24-5-3-23(4-6-24)20-11-14-7-15(12-20)9-16(8-14)13-20/h1-2,10,14-16H,3-9,11-13H2. The van der Waals surface area contributed by atoms with Crippen LogP contribution in [0, 0.1) is 29.4 Å². The van der Waals surface area contributed by atoms with E-state index in [4.69, 9.17) is 0 Å². The van der Waals surface area contributed by atoms with Gasteiger partial charge in [-0.25, -0.2) is 17.2 Å². The van der Waals surface area contributed by atoms with Crippen LogP contribution in [0.4, 0.5) is 8.78 Å². The summed E-state index contributed by atoms with van der Waals surface area (Å²) in [5.41, 5.74) is 0.284. The van der Waals surface area contributed by atoms with E-state index in [1.165, 1.54) is 42.8 Å². The van der Waals surface area contributed by atoms with Crippen LogP contribution < -0.4 is 0 Å². The van der Waals surface area contributed by atoms with Crippen LogP contribution >= 0.6 is 0 Å². The van der Waals surface area contributed by atoms with Gasteiger partial charge in [-0.3, -0.25) is 4.90 Å². The fourth-order valence-electron chi connectivity index (χ4n) is 6.64. The third-order valence-corrected chi connectivity index (χ3v) is 9.34. The zero-order chi connectivity index (χ0) is 18.8. The Labute approximate surface area is 159 Å². The molecule has 0 radical (unpaired) electrons. The number of piperazine rings is 1. The van der Waals surface area contributed by atoms with Gasteiger partial charge in [-0.2, -0.15) is 4.31 Å². The van der Waals surface area contributed by atoms with Gasteiger partial charge in [-0.15, -0.1) is 0 Å². The van der Waals surface area contributed by atoms with Gasteiger partial charge in [0.05, 0.1) is 4.90 Å². The molecule has 7 heteroatoms. The first-order valence-electron chi connectivity index (χ1n) is 10.1. The molecule has 0 unspecified atom stereocenters. The monoisotopic (exact) mass is 396 g/mol. The Hall–Kier alpha value is -1.05. The van der Waals surface area contributed by atoms with Crippen molar-refractivity contribution in [2.45, 2.75) is 49.0 Å². The lowest BCUT2D eigenvalue weighted by Crippen LogP contribution is -2.64. The van der Waals surface area contributed by atoms with Crippen molar-refractivity contribution in [1.82, 2.24) is 9.21 Å². The summed E-state index contributed by atoms with van der Waals surface area (Å²) >= 11 is 0. The summed E-state index contributed by atoms with van der Waals surface area (Å²) in [5.74, 6) is 0.435. The summed E-state index contributed by atoms with van der Waals surface area (Å²) in [6, 6.07) is 2.82. The molecule has 1 heterocycles. The van der Waals surface area contributed by atoms with Crippen molar-refractivity contribution in [1.29, 1.82) is 0 Å². The molecule has 4 bridgehead atoms. The lowest BCUT2D eigenvalue weighted by Gasteiger charge is -2.61. The van der Waals surface area contributed by atoms with E-state index in [9.17, 15) is 17.2 Å². The van der Waals surface area contributed by atoms with Crippen molar-refractivity contribution in [3.63, 3.8) is 0 Å². The fourth-order valence-corrected chi connectivity index (χ4v) is 8.08. The summed E-state index contributed by atoms with van der Waals surface area (Å²) < 4.78 is 53.7. The maximum absolute atomic E-state index is 13.5. The van der Waals surface area contributed by atoms with Crippen molar-refractivity contribution in [2.75, 3.05) is 26.2 Å². The molecule has 1 aromatic carbocycles. The first-order valence-corrected chi connectivity index (χ1v) is 11.5. The minimum atomic E-state index is -3.78. The Morgan fingerprint density at radius 2 is 1.41 bits per heavy atom. The highest BCUT2D eigenvalue weighted by molar-refractivity contribution is 7.89. The molecule has 1 aliphatic heterocycles. The van der Waals surface area contributed by atoms with Gasteiger partial charge in [0.25, 0.3) is 0 Å². The Morgan fingerprint density at radius 1 is 0.852 bits per heavy atom. The molecule has 148 valence electrons. The van der Waals surface area contributed by atoms with Gasteiger partial charge < -0.3 is 0 Å². The molecule has 4 aliphatic carbocycles. The van der Waals surface area contributed by atoms with Gasteiger partial charge in [0.1, 0.15) is 0 Å². The molecule has 0 aromatic heterocycles. The Morgan fingerprint density at radius 3 is 1.93 bits per heavy atom. The minimum Gasteiger partial charge on any atom is -0.295 e. The quantitative estimate of drug-likeness (QED) is 0.788. The Kier molecular flexibility index (Phi) is 4.15. The number of benzene rings is 1. The van der Waals surface area contributed by atoms with E-state index in [0.717, 1.165) is 49.0 Å². The summed E-state index contributed by atoms with van der Waals surface area (Å²) in [4.78, 5) is 2.39. The lowest BCUT2D eigenvalue weighted by atomic mass is 9.52. The van der Waals surface area contributed by atoms with Crippen LogP contribution in [0.25, 0.3) is 0 Å². The molecule has 6 rings (SSSR count). The summed E-state index contributed by atoms with van der Waals surface area (Å²) in [7, 11) is -3.78. The molecule has 0 N–H and O–H groups in total. The average molecular weight is 397 g/mol. The molecule has 5 aliphatic rings. The number of hydrogen-bond donors (Lipinski definition) is 0. The number of nitrogens with zero attached hydrogens (tertiary/aromatic N) is 2. The van der Waals surface area contributed by atoms with Gasteiger partial charge in [0.2, 0.25) is 10.0 Å². The molecule has 5 fully saturated rings. The number of hydrogen-bond acceptors (Lipinski definition) is 3. The Bertz CT molecular complexity index is 814. The van der Waals surface area contributed by atoms with E-state index in [0.29, 0.717) is 13.1 Å². The Balaban J connectivity index is 1.31. The number of halogens is 2. The predicted molar refractivity (Wildman–Crippen MR) is 97.6 cm³/mol. The first kappa shape index (κ1) is 18.0. The number of sulfonamides is 1. The lowest BCUT2D eigenvalue weighted by molar-refractivity contribution is -0.0964. The molecule has 1 aromatic rings. The van der Waals surface area contributed by atoms with E-state index in [1.54, 1.807) is 0 Å². The van der Waals surface area contributed by atoms with E-state index >= 15 is 0 Å². The second-order valence-electron chi connectivity index (χ2n) is 9.11. The highest BCUT2D eigenvalue weighted by Crippen LogP contribution is 2.57. The van der Waals surface area contributed by atoms with Gasteiger partial charge in [-0.1, -0.05) is 0 Å². The van der Waals surface area contributed by atoms with Crippen molar-refractivity contribution in [3.8, 4) is 0 Å². The molecule has 0 spiro atoms. The van der Waals surface area contributed by atoms with Crippen LogP contribution in [0.3, 0.4) is 0 Å². The largest absolute Gasteiger partial charge is 0.295 e. The summed E-state index contributed by atoms with van der Waals surface area (Å²) in [5, 5.41) is 0. The van der Waals surface area contributed by atoms with Crippen molar-refractivity contribution in [3.05, 3.63) is 29.8 Å². The highest BCUT2D eigenvalue weighted by Gasteiger charge is 2.53. The van der Waals surface area contributed by atoms with Crippen molar-refractivity contribution >= 4 is 10.0 Å². The van der Waals surface area contributed by atoms with Crippen LogP contribution in [0.1, 0.15) is 38.5 Å². The molecular weight excluding hydrogens is 370 g/mol. The van der Waals surface area contributed by atoms with E-state index in [2.05, 4.69) is 4.90 Å². The zero-order valence-electron chi connectivity index (χ0n) is 15.4. The molecule has 27 heavy (non-hydrogen) atoms. The molecular formula is C20H26F2N2O2S. The van der Waals surface area contributed by atoms with E-state index < -0.39 is 21.7 Å². The molecule has 0 amide bonds. The molecule has 4 nitrogen and oxygen atoms in total. The van der Waals surface area contributed by atoms with Crippen LogP contribution in [0.2, 0.25) is 0 Å². The van der Waals surface area contributed by atoms with Gasteiger partial charge in [-0.05, 0) is 74.5 Å². The van der Waals surface area contributed by atoms with Gasteiger partial charge in [0.15, 0.2) is 11.6 Å². The maximum Gasteiger partial charge on any atom is 0.243 e. The molecule has 0 atom stereocenters. The topological polar surface area (TPSA) is 40.6 Å². The molecule has 4 saturated carbocycles. The third-order valence-electron chi connectivity index (χ3n) is 7.44. The van der Waals surface area contributed by atoms with Crippen LogP contribution in [-0.4, -0.2) is 49.3 Å². The average Bonchev–Trinajstić information content (AvgIpc) is 2.63. The normalized spacial score (nSPS) is 37.0. The zero-order valence-corrected chi connectivity index (χ0v) is 16.2. The second kappa shape index (κ2) is 6.22. The van der Waals surface area contributed by atoms with Crippen molar-refractivity contribution < 1.29 is 17.2 Å². The first-order chi connectivity index (χ1) is 12.9. The van der Waals surface area contributed by atoms with Crippen LogP contribution in [0.15, 0.2) is 23.1 Å². The van der Waals surface area contributed by atoms with Gasteiger partial charge in [0, 0.05) is 31.7 Å². The van der Waals surface area contributed by atoms with Crippen LogP contribution in [-0.2, 0) is 10.0 Å². The maximum atomic E-state index is 13.5. The predicted octanol–water partition coefficient (Wildman–Crippen LogP) is 3.24. The SMILES string of the molecule is O=S(=O)(c1ccc(F)c(F)c1)N1CCN(C23CC4CC(CC(C4)C2)C3)CC1. The smallest absolute Gasteiger partial charge is 0.243 e. The minimum absolute atomic E-state index is 0.162. The summed E-state index contributed by atoms with van der Waals surface area (Å²) in [6.45, 7) is 2.30. The summed E-state index contributed by atoms with van der Waals surface area (Å²) in [6.07, 6.45) is 8.00. The van der Waals surface area contributed by atoms with Crippen LogP contribution in [0.5, 0.6) is 0 Å². The van der Waals surface area contributed by atoms with Gasteiger partial charge >= 0.3 is 0 Å². The van der Waals surface area contributed by atoms with E-state index in [1.807, 2.05) is 0 Å². The molecule has 1 saturated heterocycles. The van der Waals surface area contributed by atoms with E-state index in [-0.39, 0.29) is 10.4 Å². The highest BCUT2D eigenvalue weighted by atomic mass is 32.2. The number of rotatable bonds is 3.